The molecule has 1 fully saturated rings. The summed E-state index contributed by atoms with van der Waals surface area (Å²) in [6.07, 6.45) is 2.92. The van der Waals surface area contributed by atoms with Crippen molar-refractivity contribution in [3.8, 4) is 0 Å². The summed E-state index contributed by atoms with van der Waals surface area (Å²) < 4.78 is 11.2. The van der Waals surface area contributed by atoms with Gasteiger partial charge in [0.25, 0.3) is 0 Å². The largest absolute Gasteiger partial charge is 0.457 e. The van der Waals surface area contributed by atoms with Crippen molar-refractivity contribution in [3.63, 3.8) is 0 Å². The number of rotatable bonds is 5. The molecule has 1 aliphatic rings. The zero-order valence-corrected chi connectivity index (χ0v) is 14.5. The molecule has 2 heterocycles. The maximum Gasteiger partial charge on any atom is 0.229 e. The molecule has 0 saturated heterocycles. The normalized spacial score (nSPS) is 18.2. The molecule has 1 saturated carbocycles. The molecular weight excluding hydrogens is 318 g/mol. The van der Waals surface area contributed by atoms with E-state index >= 15 is 0 Å². The molecule has 4 rings (SSSR count). The molecule has 2 N–H and O–H groups in total. The molecule has 0 spiro atoms. The number of para-hydroxylation sites is 1. The van der Waals surface area contributed by atoms with E-state index in [1.165, 1.54) is 0 Å². The lowest BCUT2D eigenvalue weighted by Gasteiger charge is -2.29. The number of aromatic nitrogens is 2. The van der Waals surface area contributed by atoms with Crippen LogP contribution in [0.4, 0.5) is 0 Å². The van der Waals surface area contributed by atoms with Gasteiger partial charge in [-0.05, 0) is 25.0 Å². The fourth-order valence-electron chi connectivity index (χ4n) is 3.55. The number of fused-ring (bicyclic) bond motifs is 1. The summed E-state index contributed by atoms with van der Waals surface area (Å²) in [4.78, 5) is 4.57. The topological polar surface area (TPSA) is 84.3 Å². The summed E-state index contributed by atoms with van der Waals surface area (Å²) in [5, 5.41) is 19.2. The number of aliphatic hydroxyl groups is 1. The van der Waals surface area contributed by atoms with E-state index in [2.05, 4.69) is 15.5 Å². The third kappa shape index (κ3) is 2.96. The summed E-state index contributed by atoms with van der Waals surface area (Å²) in [5.74, 6) is 1.94. The maximum absolute atomic E-state index is 10.7. The van der Waals surface area contributed by atoms with E-state index in [4.69, 9.17) is 8.94 Å². The predicted molar refractivity (Wildman–Crippen MR) is 92.8 cm³/mol. The minimum Gasteiger partial charge on any atom is -0.457 e. The zero-order chi connectivity index (χ0) is 17.4. The average Bonchev–Trinajstić information content (AvgIpc) is 3.33. The first kappa shape index (κ1) is 16.3. The second kappa shape index (κ2) is 6.28. The Balaban J connectivity index is 1.62. The molecule has 132 valence electrons. The highest BCUT2D eigenvalue weighted by molar-refractivity contribution is 5.77. The Morgan fingerprint density at radius 2 is 1.96 bits per heavy atom. The van der Waals surface area contributed by atoms with E-state index in [0.717, 1.165) is 36.7 Å². The van der Waals surface area contributed by atoms with Crippen LogP contribution in [-0.4, -0.2) is 15.2 Å². The molecular formula is C19H23N3O3. The van der Waals surface area contributed by atoms with Gasteiger partial charge in [0.1, 0.15) is 11.3 Å². The van der Waals surface area contributed by atoms with Crippen LogP contribution in [0.25, 0.3) is 11.0 Å². The van der Waals surface area contributed by atoms with E-state index in [1.54, 1.807) is 0 Å². The smallest absolute Gasteiger partial charge is 0.229 e. The second-order valence-electron chi connectivity index (χ2n) is 7.13. The first-order valence-corrected chi connectivity index (χ1v) is 8.86. The minimum atomic E-state index is -0.925. The molecule has 6 nitrogen and oxygen atoms in total. The Labute approximate surface area is 146 Å². The first-order chi connectivity index (χ1) is 12.1. The molecule has 25 heavy (non-hydrogen) atoms. The average molecular weight is 341 g/mol. The monoisotopic (exact) mass is 341 g/mol. The summed E-state index contributed by atoms with van der Waals surface area (Å²) in [6.45, 7) is 4.05. The number of nitrogens with one attached hydrogen (secondary N) is 1. The minimum absolute atomic E-state index is 0.181. The number of benzene rings is 1. The molecule has 6 heteroatoms. The number of hydrogen-bond donors (Lipinski definition) is 2. The maximum atomic E-state index is 10.7. The van der Waals surface area contributed by atoms with Gasteiger partial charge < -0.3 is 14.0 Å². The van der Waals surface area contributed by atoms with Crippen LogP contribution in [0.15, 0.2) is 39.3 Å². The fraction of sp³-hybridized carbons (Fsp3) is 0.474. The van der Waals surface area contributed by atoms with Crippen molar-refractivity contribution in [2.45, 2.75) is 57.2 Å². The van der Waals surface area contributed by atoms with Crippen LogP contribution in [0.3, 0.4) is 0 Å². The molecule has 1 unspecified atom stereocenters. The molecule has 0 bridgehead atoms. The van der Waals surface area contributed by atoms with Gasteiger partial charge in [-0.15, -0.1) is 0 Å². The number of furan rings is 1. The van der Waals surface area contributed by atoms with Crippen LogP contribution in [0, 0.1) is 0 Å². The highest BCUT2D eigenvalue weighted by atomic mass is 16.5. The van der Waals surface area contributed by atoms with Crippen LogP contribution >= 0.6 is 0 Å². The van der Waals surface area contributed by atoms with Crippen molar-refractivity contribution in [1.82, 2.24) is 15.5 Å². The van der Waals surface area contributed by atoms with Gasteiger partial charge in [0, 0.05) is 11.3 Å². The summed E-state index contributed by atoms with van der Waals surface area (Å²) >= 11 is 0. The number of nitrogens with zero attached hydrogens (tertiary/aromatic N) is 2. The van der Waals surface area contributed by atoms with Crippen molar-refractivity contribution in [1.29, 1.82) is 0 Å². The third-order valence-electron chi connectivity index (χ3n) is 4.95. The highest BCUT2D eigenvalue weighted by Crippen LogP contribution is 2.39. The molecule has 0 aliphatic heterocycles. The van der Waals surface area contributed by atoms with E-state index in [9.17, 15) is 5.11 Å². The quantitative estimate of drug-likeness (QED) is 0.683. The Kier molecular flexibility index (Phi) is 4.09. The van der Waals surface area contributed by atoms with Crippen LogP contribution in [0.2, 0.25) is 0 Å². The Bertz CT molecular complexity index is 829. The molecule has 1 aromatic carbocycles. The summed E-state index contributed by atoms with van der Waals surface area (Å²) in [7, 11) is 0. The first-order valence-electron chi connectivity index (χ1n) is 8.86. The van der Waals surface area contributed by atoms with Crippen molar-refractivity contribution < 1.29 is 14.0 Å². The predicted octanol–water partition coefficient (Wildman–Crippen LogP) is 3.99. The van der Waals surface area contributed by atoms with Crippen LogP contribution < -0.4 is 5.32 Å². The van der Waals surface area contributed by atoms with Crippen LogP contribution in [-0.2, 0) is 5.54 Å². The van der Waals surface area contributed by atoms with Crippen molar-refractivity contribution >= 4 is 11.0 Å². The van der Waals surface area contributed by atoms with Gasteiger partial charge in [0.15, 0.2) is 12.1 Å². The van der Waals surface area contributed by atoms with E-state index in [0.29, 0.717) is 17.5 Å². The lowest BCUT2D eigenvalue weighted by Crippen LogP contribution is -2.43. The third-order valence-corrected chi connectivity index (χ3v) is 4.95. The van der Waals surface area contributed by atoms with Crippen molar-refractivity contribution in [2.24, 2.45) is 0 Å². The fourth-order valence-corrected chi connectivity index (χ4v) is 3.55. The number of aliphatic hydroxyl groups excluding tert-OH is 1. The van der Waals surface area contributed by atoms with E-state index in [-0.39, 0.29) is 5.92 Å². The number of hydrogen-bond acceptors (Lipinski definition) is 6. The molecule has 2 aromatic heterocycles. The van der Waals surface area contributed by atoms with Gasteiger partial charge >= 0.3 is 0 Å². The Hall–Kier alpha value is -2.18. The Morgan fingerprint density at radius 1 is 1.20 bits per heavy atom. The van der Waals surface area contributed by atoms with Crippen LogP contribution in [0.1, 0.15) is 69.2 Å². The second-order valence-corrected chi connectivity index (χ2v) is 7.13. The van der Waals surface area contributed by atoms with E-state index < -0.39 is 11.8 Å². The van der Waals surface area contributed by atoms with Gasteiger partial charge in [-0.1, -0.05) is 50.0 Å². The van der Waals surface area contributed by atoms with Crippen molar-refractivity contribution in [2.75, 3.05) is 0 Å². The van der Waals surface area contributed by atoms with Gasteiger partial charge in [-0.25, -0.2) is 0 Å². The zero-order valence-electron chi connectivity index (χ0n) is 14.5. The van der Waals surface area contributed by atoms with Gasteiger partial charge in [-0.2, -0.15) is 4.98 Å². The molecule has 3 aromatic rings. The molecule has 0 amide bonds. The summed E-state index contributed by atoms with van der Waals surface area (Å²) in [5.41, 5.74) is 0.287. The van der Waals surface area contributed by atoms with E-state index in [1.807, 2.05) is 44.2 Å². The summed E-state index contributed by atoms with van der Waals surface area (Å²) in [6, 6.07) is 9.60. The van der Waals surface area contributed by atoms with Gasteiger partial charge in [0.2, 0.25) is 5.89 Å². The standard InChI is InChI=1S/C19H23N3O3/c1-12(2)17-20-18(22-25-17)19(9-5-6-10-19)21-16(23)15-11-13-7-3-4-8-14(13)24-15/h3-4,7-8,11-12,16,21,23H,5-6,9-10H2,1-2H3. The van der Waals surface area contributed by atoms with Gasteiger partial charge in [-0.3, -0.25) is 5.32 Å². The molecule has 1 aliphatic carbocycles. The highest BCUT2D eigenvalue weighted by Gasteiger charge is 2.42. The van der Waals surface area contributed by atoms with Gasteiger partial charge in [0.05, 0.1) is 5.54 Å². The lowest BCUT2D eigenvalue weighted by atomic mass is 9.96. The molecule has 1 atom stereocenters. The Morgan fingerprint density at radius 3 is 2.64 bits per heavy atom. The van der Waals surface area contributed by atoms with Crippen molar-refractivity contribution in [3.05, 3.63) is 47.8 Å². The van der Waals surface area contributed by atoms with Crippen LogP contribution in [0.5, 0.6) is 0 Å². The lowest BCUT2D eigenvalue weighted by molar-refractivity contribution is 0.0683. The SMILES string of the molecule is CC(C)c1nc(C2(NC(O)c3cc4ccccc4o3)CCCC2)no1. The molecule has 0 radical (unpaired) electrons.